The minimum Gasteiger partial charge on any atom is -0.337 e. The van der Waals surface area contributed by atoms with Crippen molar-refractivity contribution < 1.29 is 0 Å². The SMILES string of the molecule is Nn1c(N2CCN(c3ncccn3)CC2)nc2sc3c(c2c1=O)CCCC3. The molecule has 2 aliphatic rings. The van der Waals surface area contributed by atoms with Gasteiger partial charge in [0.25, 0.3) is 5.56 Å². The molecule has 3 aromatic heterocycles. The summed E-state index contributed by atoms with van der Waals surface area (Å²) in [4.78, 5) is 32.7. The van der Waals surface area contributed by atoms with Crippen molar-refractivity contribution >= 4 is 33.5 Å². The highest BCUT2D eigenvalue weighted by Crippen LogP contribution is 2.34. The molecule has 4 heterocycles. The summed E-state index contributed by atoms with van der Waals surface area (Å²) in [6, 6.07) is 1.81. The number of rotatable bonds is 2. The first-order chi connectivity index (χ1) is 13.2. The second kappa shape index (κ2) is 6.49. The summed E-state index contributed by atoms with van der Waals surface area (Å²) in [5.41, 5.74) is 1.05. The fourth-order valence-electron chi connectivity index (χ4n) is 3.99. The van der Waals surface area contributed by atoms with Gasteiger partial charge in [0.1, 0.15) is 4.83 Å². The standard InChI is InChI=1S/C18H21N7OS/c19-25-16(26)14-12-4-1-2-5-13(12)27-15(14)22-18(25)24-10-8-23(9-11-24)17-20-6-3-7-21-17/h3,6-7H,1-2,4-5,8-11,19H2. The zero-order valence-electron chi connectivity index (χ0n) is 15.0. The topological polar surface area (TPSA) is 93.2 Å². The zero-order valence-corrected chi connectivity index (χ0v) is 15.8. The number of aryl methyl sites for hydroxylation is 2. The van der Waals surface area contributed by atoms with Gasteiger partial charge in [0.05, 0.1) is 5.39 Å². The van der Waals surface area contributed by atoms with E-state index in [1.807, 2.05) is 6.07 Å². The van der Waals surface area contributed by atoms with Gasteiger partial charge in [-0.15, -0.1) is 11.3 Å². The van der Waals surface area contributed by atoms with Crippen LogP contribution in [-0.4, -0.2) is 45.8 Å². The molecule has 2 N–H and O–H groups in total. The number of nitrogens with zero attached hydrogens (tertiary/aromatic N) is 6. The lowest BCUT2D eigenvalue weighted by Gasteiger charge is -2.35. The van der Waals surface area contributed by atoms with Gasteiger partial charge in [-0.05, 0) is 37.3 Å². The van der Waals surface area contributed by atoms with E-state index in [0.717, 1.165) is 61.6 Å². The van der Waals surface area contributed by atoms with Crippen LogP contribution in [0.15, 0.2) is 23.3 Å². The lowest BCUT2D eigenvalue weighted by molar-refractivity contribution is 0.618. The zero-order chi connectivity index (χ0) is 18.4. The normalized spacial score (nSPS) is 17.3. The third-order valence-electron chi connectivity index (χ3n) is 5.40. The first-order valence-corrected chi connectivity index (χ1v) is 10.1. The highest BCUT2D eigenvalue weighted by molar-refractivity contribution is 7.18. The molecular weight excluding hydrogens is 362 g/mol. The average molecular weight is 383 g/mol. The molecule has 0 aromatic carbocycles. The predicted molar refractivity (Wildman–Crippen MR) is 107 cm³/mol. The fourth-order valence-corrected chi connectivity index (χ4v) is 5.24. The molecule has 0 spiro atoms. The van der Waals surface area contributed by atoms with Gasteiger partial charge in [-0.3, -0.25) is 4.79 Å². The molecule has 1 saturated heterocycles. The van der Waals surface area contributed by atoms with Crippen molar-refractivity contribution in [3.63, 3.8) is 0 Å². The number of anilines is 2. The second-order valence-corrected chi connectivity index (χ2v) is 8.08. The van der Waals surface area contributed by atoms with Crippen LogP contribution in [0.5, 0.6) is 0 Å². The number of piperazine rings is 1. The first-order valence-electron chi connectivity index (χ1n) is 9.31. The molecule has 3 aromatic rings. The van der Waals surface area contributed by atoms with Crippen molar-refractivity contribution in [2.75, 3.05) is 41.8 Å². The van der Waals surface area contributed by atoms with Gasteiger partial charge in [-0.1, -0.05) is 0 Å². The molecule has 0 saturated carbocycles. The summed E-state index contributed by atoms with van der Waals surface area (Å²) in [6.07, 6.45) is 7.83. The number of fused-ring (bicyclic) bond motifs is 3. The van der Waals surface area contributed by atoms with Gasteiger partial charge in [0, 0.05) is 43.4 Å². The van der Waals surface area contributed by atoms with Crippen molar-refractivity contribution in [2.45, 2.75) is 25.7 Å². The number of nitrogen functional groups attached to an aromatic ring is 1. The van der Waals surface area contributed by atoms with Crippen LogP contribution in [0.4, 0.5) is 11.9 Å². The Morgan fingerprint density at radius 1 is 1.00 bits per heavy atom. The Labute approximate surface area is 160 Å². The monoisotopic (exact) mass is 383 g/mol. The summed E-state index contributed by atoms with van der Waals surface area (Å²) >= 11 is 1.66. The molecule has 1 aliphatic heterocycles. The van der Waals surface area contributed by atoms with E-state index in [4.69, 9.17) is 10.8 Å². The molecule has 140 valence electrons. The molecule has 8 nitrogen and oxygen atoms in total. The van der Waals surface area contributed by atoms with E-state index in [1.54, 1.807) is 23.7 Å². The average Bonchev–Trinajstić information content (AvgIpc) is 3.10. The summed E-state index contributed by atoms with van der Waals surface area (Å²) in [5, 5.41) is 0.734. The molecule has 0 atom stereocenters. The van der Waals surface area contributed by atoms with Crippen LogP contribution in [-0.2, 0) is 12.8 Å². The minimum atomic E-state index is -0.122. The Morgan fingerprint density at radius 3 is 2.48 bits per heavy atom. The number of thiophene rings is 1. The largest absolute Gasteiger partial charge is 0.337 e. The molecule has 0 radical (unpaired) electrons. The van der Waals surface area contributed by atoms with Gasteiger partial charge >= 0.3 is 0 Å². The Balaban J connectivity index is 1.46. The Hall–Kier alpha value is -2.68. The third kappa shape index (κ3) is 2.73. The molecule has 1 aliphatic carbocycles. The van der Waals surface area contributed by atoms with Crippen molar-refractivity contribution in [2.24, 2.45) is 0 Å². The molecule has 5 rings (SSSR count). The van der Waals surface area contributed by atoms with E-state index in [2.05, 4.69) is 19.8 Å². The second-order valence-electron chi connectivity index (χ2n) is 7.00. The Kier molecular flexibility index (Phi) is 3.96. The number of hydrogen-bond donors (Lipinski definition) is 1. The van der Waals surface area contributed by atoms with Crippen LogP contribution < -0.4 is 21.2 Å². The highest BCUT2D eigenvalue weighted by Gasteiger charge is 2.26. The number of hydrogen-bond acceptors (Lipinski definition) is 8. The molecular formula is C18H21N7OS. The van der Waals surface area contributed by atoms with Gasteiger partial charge in [0.2, 0.25) is 11.9 Å². The Morgan fingerprint density at radius 2 is 1.70 bits per heavy atom. The summed E-state index contributed by atoms with van der Waals surface area (Å²) in [6.45, 7) is 2.97. The van der Waals surface area contributed by atoms with Gasteiger partial charge in [-0.25, -0.2) is 15.0 Å². The number of aromatic nitrogens is 4. The van der Waals surface area contributed by atoms with E-state index in [9.17, 15) is 4.79 Å². The summed E-state index contributed by atoms with van der Waals surface area (Å²) < 4.78 is 1.23. The fraction of sp³-hybridized carbons (Fsp3) is 0.444. The molecule has 9 heteroatoms. The van der Waals surface area contributed by atoms with Gasteiger partial charge in [-0.2, -0.15) is 4.68 Å². The van der Waals surface area contributed by atoms with E-state index < -0.39 is 0 Å². The lowest BCUT2D eigenvalue weighted by Crippen LogP contribution is -2.49. The van der Waals surface area contributed by atoms with Crippen LogP contribution in [0.25, 0.3) is 10.2 Å². The van der Waals surface area contributed by atoms with Crippen LogP contribution in [0.3, 0.4) is 0 Å². The molecule has 0 amide bonds. The van der Waals surface area contributed by atoms with Crippen LogP contribution >= 0.6 is 11.3 Å². The van der Waals surface area contributed by atoms with Gasteiger partial charge < -0.3 is 15.6 Å². The Bertz CT molecular complexity index is 1040. The van der Waals surface area contributed by atoms with Crippen molar-refractivity contribution in [1.82, 2.24) is 19.6 Å². The predicted octanol–water partition coefficient (Wildman–Crippen LogP) is 1.17. The van der Waals surface area contributed by atoms with Crippen molar-refractivity contribution in [1.29, 1.82) is 0 Å². The summed E-state index contributed by atoms with van der Waals surface area (Å²) in [5.74, 6) is 7.47. The van der Waals surface area contributed by atoms with Gasteiger partial charge in [0.15, 0.2) is 0 Å². The van der Waals surface area contributed by atoms with Crippen molar-refractivity contribution in [3.8, 4) is 0 Å². The van der Waals surface area contributed by atoms with E-state index in [0.29, 0.717) is 5.95 Å². The smallest absolute Gasteiger partial charge is 0.282 e. The first kappa shape index (κ1) is 16.5. The van der Waals surface area contributed by atoms with Crippen LogP contribution in [0, 0.1) is 0 Å². The maximum Gasteiger partial charge on any atom is 0.282 e. The van der Waals surface area contributed by atoms with Crippen LogP contribution in [0.1, 0.15) is 23.3 Å². The quantitative estimate of drug-likeness (QED) is 0.664. The molecule has 1 fully saturated rings. The van der Waals surface area contributed by atoms with E-state index in [-0.39, 0.29) is 5.56 Å². The number of nitrogens with two attached hydrogens (primary N) is 1. The van der Waals surface area contributed by atoms with E-state index in [1.165, 1.54) is 21.5 Å². The van der Waals surface area contributed by atoms with E-state index >= 15 is 0 Å². The lowest BCUT2D eigenvalue weighted by atomic mass is 9.97. The highest BCUT2D eigenvalue weighted by atomic mass is 32.1. The maximum atomic E-state index is 13.0. The molecule has 0 unspecified atom stereocenters. The van der Waals surface area contributed by atoms with Crippen LogP contribution in [0.2, 0.25) is 0 Å². The summed E-state index contributed by atoms with van der Waals surface area (Å²) in [7, 11) is 0. The molecule has 0 bridgehead atoms. The molecule has 27 heavy (non-hydrogen) atoms. The third-order valence-corrected chi connectivity index (χ3v) is 6.59. The maximum absolute atomic E-state index is 13.0. The van der Waals surface area contributed by atoms with Crippen molar-refractivity contribution in [3.05, 3.63) is 39.3 Å². The minimum absolute atomic E-state index is 0.122.